The predicted molar refractivity (Wildman–Crippen MR) is 92.6 cm³/mol. The highest BCUT2D eigenvalue weighted by Gasteiger charge is 2.29. The van der Waals surface area contributed by atoms with Gasteiger partial charge in [0, 0.05) is 10.7 Å². The average Bonchev–Trinajstić information content (AvgIpc) is 2.49. The summed E-state index contributed by atoms with van der Waals surface area (Å²) in [6, 6.07) is 13.6. The number of rotatable bonds is 6. The van der Waals surface area contributed by atoms with Crippen LogP contribution in [-0.4, -0.2) is 22.6 Å². The van der Waals surface area contributed by atoms with E-state index >= 15 is 0 Å². The van der Waals surface area contributed by atoms with E-state index < -0.39 is 11.6 Å². The molecule has 0 bridgehead atoms. The van der Waals surface area contributed by atoms with Crippen LogP contribution in [0.5, 0.6) is 5.75 Å². The van der Waals surface area contributed by atoms with E-state index in [1.165, 1.54) is 13.8 Å². The Hall–Kier alpha value is -2.53. The summed E-state index contributed by atoms with van der Waals surface area (Å²) in [5, 5.41) is 12.5. The fourth-order valence-corrected chi connectivity index (χ4v) is 2.11. The smallest absolute Gasteiger partial charge is 0.347 e. The van der Waals surface area contributed by atoms with E-state index in [1.807, 2.05) is 0 Å². The van der Waals surface area contributed by atoms with Crippen molar-refractivity contribution in [2.24, 2.45) is 0 Å². The number of halogens is 1. The van der Waals surface area contributed by atoms with Crippen LogP contribution in [0.1, 0.15) is 19.4 Å². The Labute approximate surface area is 145 Å². The summed E-state index contributed by atoms with van der Waals surface area (Å²) in [7, 11) is 0. The molecule has 1 amide bonds. The van der Waals surface area contributed by atoms with Gasteiger partial charge in [-0.3, -0.25) is 4.79 Å². The van der Waals surface area contributed by atoms with Crippen LogP contribution in [0.2, 0.25) is 5.02 Å². The van der Waals surface area contributed by atoms with Crippen molar-refractivity contribution in [2.45, 2.75) is 25.9 Å². The summed E-state index contributed by atoms with van der Waals surface area (Å²) in [5.41, 5.74) is 0.0356. The average molecular weight is 348 g/mol. The fraction of sp³-hybridized carbons (Fsp3) is 0.222. The molecule has 5 nitrogen and oxygen atoms in total. The quantitative estimate of drug-likeness (QED) is 0.834. The Bertz CT molecular complexity index is 741. The van der Waals surface area contributed by atoms with Gasteiger partial charge in [0.15, 0.2) is 5.60 Å². The van der Waals surface area contributed by atoms with E-state index in [1.54, 1.807) is 48.5 Å². The molecule has 0 aliphatic rings. The number of ether oxygens (including phenoxy) is 1. The first-order valence-corrected chi connectivity index (χ1v) is 7.71. The molecule has 0 radical (unpaired) electrons. The second kappa shape index (κ2) is 7.36. The van der Waals surface area contributed by atoms with Gasteiger partial charge in [0.2, 0.25) is 5.91 Å². The summed E-state index contributed by atoms with van der Waals surface area (Å²) in [5.74, 6) is -0.848. The molecule has 2 rings (SSSR count). The summed E-state index contributed by atoms with van der Waals surface area (Å²) < 4.78 is 5.47. The summed E-state index contributed by atoms with van der Waals surface area (Å²) >= 11 is 5.80. The van der Waals surface area contributed by atoms with Gasteiger partial charge in [0.1, 0.15) is 5.75 Å². The zero-order chi connectivity index (χ0) is 17.7. The van der Waals surface area contributed by atoms with Crippen molar-refractivity contribution < 1.29 is 19.4 Å². The number of hydrogen-bond acceptors (Lipinski definition) is 3. The number of anilines is 1. The molecule has 126 valence electrons. The minimum absolute atomic E-state index is 0.146. The van der Waals surface area contributed by atoms with Gasteiger partial charge in [-0.25, -0.2) is 4.79 Å². The minimum atomic E-state index is -1.34. The highest BCUT2D eigenvalue weighted by Crippen LogP contribution is 2.21. The lowest BCUT2D eigenvalue weighted by Crippen LogP contribution is -2.37. The number of nitrogens with one attached hydrogen (secondary N) is 1. The maximum absolute atomic E-state index is 12.1. The van der Waals surface area contributed by atoms with Crippen LogP contribution in [0.15, 0.2) is 48.5 Å². The summed E-state index contributed by atoms with van der Waals surface area (Å²) in [6.07, 6.45) is 0.146. The van der Waals surface area contributed by atoms with Crippen molar-refractivity contribution in [3.8, 4) is 5.75 Å². The molecule has 6 heteroatoms. The maximum atomic E-state index is 12.1. The lowest BCUT2D eigenvalue weighted by molar-refractivity contribution is -0.152. The van der Waals surface area contributed by atoms with Gasteiger partial charge in [-0.2, -0.15) is 0 Å². The molecular formula is C18H18ClNO4. The lowest BCUT2D eigenvalue weighted by atomic mass is 10.1. The van der Waals surface area contributed by atoms with E-state index in [4.69, 9.17) is 21.4 Å². The molecule has 0 spiro atoms. The number of aliphatic carboxylic acids is 1. The second-order valence-corrected chi connectivity index (χ2v) is 6.23. The molecular weight excluding hydrogens is 330 g/mol. The normalized spacial score (nSPS) is 11.0. The molecule has 2 N–H and O–H groups in total. The fourth-order valence-electron chi connectivity index (χ4n) is 1.98. The first-order valence-electron chi connectivity index (χ1n) is 7.33. The van der Waals surface area contributed by atoms with E-state index in [-0.39, 0.29) is 12.3 Å². The standard InChI is InChI=1S/C18H18ClNO4/c1-18(2,17(22)23)24-15-5-3-4-12(10-15)11-16(21)20-14-8-6-13(19)7-9-14/h3-10H,11H2,1-2H3,(H,20,21)(H,22,23). The third kappa shape index (κ3) is 4.99. The van der Waals surface area contributed by atoms with Gasteiger partial charge >= 0.3 is 5.97 Å². The monoisotopic (exact) mass is 347 g/mol. The van der Waals surface area contributed by atoms with E-state index in [2.05, 4.69) is 5.32 Å². The molecule has 2 aromatic carbocycles. The van der Waals surface area contributed by atoms with Crippen LogP contribution < -0.4 is 10.1 Å². The number of carboxylic acids is 1. The molecule has 0 saturated heterocycles. The van der Waals surface area contributed by atoms with Crippen molar-refractivity contribution in [1.82, 2.24) is 0 Å². The third-order valence-corrected chi connectivity index (χ3v) is 3.53. The molecule has 24 heavy (non-hydrogen) atoms. The van der Waals surface area contributed by atoms with Crippen LogP contribution in [0.3, 0.4) is 0 Å². The zero-order valence-corrected chi connectivity index (χ0v) is 14.1. The first-order chi connectivity index (χ1) is 11.3. The van der Waals surface area contributed by atoms with Crippen LogP contribution in [0.4, 0.5) is 5.69 Å². The Morgan fingerprint density at radius 1 is 1.17 bits per heavy atom. The van der Waals surface area contributed by atoms with E-state index in [0.29, 0.717) is 16.5 Å². The first kappa shape index (κ1) is 17.8. The number of hydrogen-bond donors (Lipinski definition) is 2. The number of carbonyl (C=O) groups excluding carboxylic acids is 1. The van der Waals surface area contributed by atoms with E-state index in [9.17, 15) is 9.59 Å². The Morgan fingerprint density at radius 2 is 1.83 bits per heavy atom. The number of amides is 1. The lowest BCUT2D eigenvalue weighted by Gasteiger charge is -2.21. The van der Waals surface area contributed by atoms with Gasteiger partial charge in [-0.1, -0.05) is 23.7 Å². The minimum Gasteiger partial charge on any atom is -0.478 e. The Morgan fingerprint density at radius 3 is 2.46 bits per heavy atom. The Balaban J connectivity index is 2.02. The van der Waals surface area contributed by atoms with Crippen molar-refractivity contribution >= 4 is 29.2 Å². The molecule has 0 atom stereocenters. The number of carbonyl (C=O) groups is 2. The molecule has 0 aliphatic heterocycles. The van der Waals surface area contributed by atoms with Gasteiger partial charge in [0.25, 0.3) is 0 Å². The van der Waals surface area contributed by atoms with Crippen LogP contribution in [-0.2, 0) is 16.0 Å². The van der Waals surface area contributed by atoms with Crippen LogP contribution >= 0.6 is 11.6 Å². The molecule has 0 aliphatic carbocycles. The van der Waals surface area contributed by atoms with Gasteiger partial charge < -0.3 is 15.2 Å². The number of benzene rings is 2. The molecule has 0 saturated carbocycles. The molecule has 0 unspecified atom stereocenters. The van der Waals surface area contributed by atoms with Crippen LogP contribution in [0.25, 0.3) is 0 Å². The number of carboxylic acid groups (broad SMARTS) is 1. The third-order valence-electron chi connectivity index (χ3n) is 3.28. The van der Waals surface area contributed by atoms with Gasteiger partial charge in [0.05, 0.1) is 6.42 Å². The maximum Gasteiger partial charge on any atom is 0.347 e. The van der Waals surface area contributed by atoms with Crippen LogP contribution in [0, 0.1) is 0 Å². The predicted octanol–water partition coefficient (Wildman–Crippen LogP) is 3.76. The summed E-state index contributed by atoms with van der Waals surface area (Å²) in [6.45, 7) is 2.94. The largest absolute Gasteiger partial charge is 0.478 e. The Kier molecular flexibility index (Phi) is 5.46. The van der Waals surface area contributed by atoms with Gasteiger partial charge in [-0.15, -0.1) is 0 Å². The van der Waals surface area contributed by atoms with Gasteiger partial charge in [-0.05, 0) is 55.8 Å². The van der Waals surface area contributed by atoms with Crippen molar-refractivity contribution in [2.75, 3.05) is 5.32 Å². The molecule has 0 aromatic heterocycles. The SMILES string of the molecule is CC(C)(Oc1cccc(CC(=O)Nc2ccc(Cl)cc2)c1)C(=O)O. The van der Waals surface area contributed by atoms with Crippen molar-refractivity contribution in [3.63, 3.8) is 0 Å². The molecule has 2 aromatic rings. The highest BCUT2D eigenvalue weighted by molar-refractivity contribution is 6.30. The molecule has 0 heterocycles. The van der Waals surface area contributed by atoms with E-state index in [0.717, 1.165) is 5.56 Å². The highest BCUT2D eigenvalue weighted by atomic mass is 35.5. The van der Waals surface area contributed by atoms with Crippen molar-refractivity contribution in [1.29, 1.82) is 0 Å². The second-order valence-electron chi connectivity index (χ2n) is 5.80. The zero-order valence-electron chi connectivity index (χ0n) is 13.4. The topological polar surface area (TPSA) is 75.6 Å². The summed E-state index contributed by atoms with van der Waals surface area (Å²) in [4.78, 5) is 23.2. The van der Waals surface area contributed by atoms with Crippen molar-refractivity contribution in [3.05, 3.63) is 59.1 Å². The molecule has 0 fully saturated rings.